The molecule has 0 amide bonds. The highest BCUT2D eigenvalue weighted by Gasteiger charge is 2.31. The van der Waals surface area contributed by atoms with E-state index in [9.17, 15) is 9.90 Å². The number of rotatable bonds is 5. The molecule has 2 N–H and O–H groups in total. The number of nitrogens with one attached hydrogen (secondary N) is 1. The first kappa shape index (κ1) is 18.7. The highest BCUT2D eigenvalue weighted by Crippen LogP contribution is 2.35. The highest BCUT2D eigenvalue weighted by atomic mass is 35.5. The Morgan fingerprint density at radius 2 is 2.13 bits per heavy atom. The Bertz CT molecular complexity index is 1240. The Kier molecular flexibility index (Phi) is 4.65. The number of carbonyl (C=O) groups is 1. The summed E-state index contributed by atoms with van der Waals surface area (Å²) < 4.78 is 13.2. The van der Waals surface area contributed by atoms with Crippen molar-refractivity contribution < 1.29 is 19.4 Å². The molecule has 4 aromatic rings. The first-order valence-electron chi connectivity index (χ1n) is 9.38. The molecule has 152 valence electrons. The van der Waals surface area contributed by atoms with Crippen LogP contribution in [0, 0.1) is 0 Å². The van der Waals surface area contributed by atoms with E-state index in [4.69, 9.17) is 21.1 Å². The van der Waals surface area contributed by atoms with Crippen molar-refractivity contribution in [3.05, 3.63) is 59.5 Å². The van der Waals surface area contributed by atoms with Crippen LogP contribution in [-0.2, 0) is 6.54 Å². The van der Waals surface area contributed by atoms with Crippen LogP contribution in [0.1, 0.15) is 10.5 Å². The minimum absolute atomic E-state index is 0.0783. The molecule has 1 aliphatic heterocycles. The number of ether oxygens (including phenoxy) is 2. The van der Waals surface area contributed by atoms with Gasteiger partial charge in [-0.2, -0.15) is 10.2 Å². The first-order chi connectivity index (χ1) is 14.6. The fourth-order valence-electron chi connectivity index (χ4n) is 3.54. The number of hydrogen-bond donors (Lipinski definition) is 2. The van der Waals surface area contributed by atoms with Gasteiger partial charge in [-0.1, -0.05) is 17.7 Å². The van der Waals surface area contributed by atoms with Crippen LogP contribution in [0.15, 0.2) is 48.8 Å². The molecule has 1 atom stereocenters. The number of ketones is 1. The number of Topliss-reactive ketones (excluding diaryl/α,β-unsaturated/α-hetero) is 1. The van der Waals surface area contributed by atoms with E-state index in [1.165, 1.54) is 0 Å². The smallest absolute Gasteiger partial charge is 0.227 e. The van der Waals surface area contributed by atoms with Crippen LogP contribution in [0.4, 0.5) is 0 Å². The van der Waals surface area contributed by atoms with Gasteiger partial charge in [0.1, 0.15) is 12.3 Å². The molecule has 2 aromatic heterocycles. The van der Waals surface area contributed by atoms with Crippen molar-refractivity contribution in [3.63, 3.8) is 0 Å². The van der Waals surface area contributed by atoms with Gasteiger partial charge in [-0.25, -0.2) is 0 Å². The van der Waals surface area contributed by atoms with Gasteiger partial charge >= 0.3 is 0 Å². The third kappa shape index (κ3) is 3.20. The first-order valence-corrected chi connectivity index (χ1v) is 9.75. The maximum atomic E-state index is 13.2. The number of nitrogens with zero attached hydrogens (tertiary/aromatic N) is 3. The third-order valence-corrected chi connectivity index (χ3v) is 5.22. The van der Waals surface area contributed by atoms with Crippen molar-refractivity contribution in [1.29, 1.82) is 0 Å². The van der Waals surface area contributed by atoms with Crippen LogP contribution in [0.25, 0.3) is 22.0 Å². The number of aromatic amines is 1. The minimum atomic E-state index is -0.842. The number of aliphatic hydroxyl groups excluding tert-OH is 1. The Morgan fingerprint density at radius 1 is 1.23 bits per heavy atom. The predicted molar refractivity (Wildman–Crippen MR) is 110 cm³/mol. The summed E-state index contributed by atoms with van der Waals surface area (Å²) in [5, 5.41) is 21.9. The fourth-order valence-corrected chi connectivity index (χ4v) is 3.70. The van der Waals surface area contributed by atoms with Crippen molar-refractivity contribution in [3.8, 4) is 22.6 Å². The molecule has 30 heavy (non-hydrogen) atoms. The number of carbonyl (C=O) groups excluding carboxylic acids is 1. The summed E-state index contributed by atoms with van der Waals surface area (Å²) in [6.45, 7) is 0.239. The summed E-state index contributed by atoms with van der Waals surface area (Å²) in [6, 6.07) is 10.7. The summed E-state index contributed by atoms with van der Waals surface area (Å²) in [7, 11) is 0. The van der Waals surface area contributed by atoms with Crippen molar-refractivity contribution in [2.45, 2.75) is 12.6 Å². The van der Waals surface area contributed by atoms with Gasteiger partial charge < -0.3 is 14.6 Å². The summed E-state index contributed by atoms with van der Waals surface area (Å²) in [6.07, 6.45) is 2.66. The number of fused-ring (bicyclic) bond motifs is 2. The molecule has 2 aromatic carbocycles. The van der Waals surface area contributed by atoms with E-state index in [1.54, 1.807) is 35.3 Å². The molecule has 0 saturated heterocycles. The molecule has 3 heterocycles. The number of aromatic nitrogens is 4. The normalized spacial score (nSPS) is 15.5. The van der Waals surface area contributed by atoms with Crippen LogP contribution in [0.2, 0.25) is 5.02 Å². The van der Waals surface area contributed by atoms with Crippen LogP contribution in [0.5, 0.6) is 11.5 Å². The molecular weight excluding hydrogens is 408 g/mol. The maximum Gasteiger partial charge on any atom is 0.227 e. The van der Waals surface area contributed by atoms with E-state index >= 15 is 0 Å². The van der Waals surface area contributed by atoms with E-state index in [0.29, 0.717) is 21.9 Å². The molecule has 1 aliphatic rings. The third-order valence-electron chi connectivity index (χ3n) is 4.99. The van der Waals surface area contributed by atoms with Crippen LogP contribution >= 0.6 is 11.6 Å². The second kappa shape index (κ2) is 7.47. The Morgan fingerprint density at radius 3 is 2.93 bits per heavy atom. The second-order valence-electron chi connectivity index (χ2n) is 6.89. The van der Waals surface area contributed by atoms with Gasteiger partial charge in [0.2, 0.25) is 5.78 Å². The molecule has 0 radical (unpaired) electrons. The van der Waals surface area contributed by atoms with E-state index in [0.717, 1.165) is 16.6 Å². The van der Waals surface area contributed by atoms with E-state index < -0.39 is 6.10 Å². The lowest BCUT2D eigenvalue weighted by Crippen LogP contribution is -2.37. The van der Waals surface area contributed by atoms with Crippen LogP contribution in [0.3, 0.4) is 0 Å². The van der Waals surface area contributed by atoms with Gasteiger partial charge in [-0.15, -0.1) is 0 Å². The molecular formula is C21H17ClN4O4. The van der Waals surface area contributed by atoms with Crippen molar-refractivity contribution in [1.82, 2.24) is 20.0 Å². The number of halogens is 1. The lowest BCUT2D eigenvalue weighted by molar-refractivity contribution is 0.0581. The standard InChI is InChI=1S/C21H17ClN4O4/c22-14-2-4-17-18(8-14)30-19(11-29-17)21(28)20-15-3-1-12(13-9-23-24-10-13)7-16(15)26(25-20)5-6-27/h1-4,7-10,19,27H,5-6,11H2,(H,23,24). The molecule has 8 nitrogen and oxygen atoms in total. The topological polar surface area (TPSA) is 102 Å². The zero-order valence-electron chi connectivity index (χ0n) is 15.7. The molecule has 0 saturated carbocycles. The van der Waals surface area contributed by atoms with E-state index in [-0.39, 0.29) is 31.2 Å². The van der Waals surface area contributed by atoms with E-state index in [2.05, 4.69) is 15.3 Å². The Balaban J connectivity index is 1.53. The minimum Gasteiger partial charge on any atom is -0.485 e. The molecule has 1 unspecified atom stereocenters. The monoisotopic (exact) mass is 424 g/mol. The summed E-state index contributed by atoms with van der Waals surface area (Å²) in [5.41, 5.74) is 2.86. The molecule has 0 fully saturated rings. The SMILES string of the molecule is O=C(c1nn(CCO)c2cc(-c3cn[nH]c3)ccc12)C1COc2ccc(Cl)cc2O1. The van der Waals surface area contributed by atoms with Gasteiger partial charge in [0.05, 0.1) is 24.9 Å². The lowest BCUT2D eigenvalue weighted by atomic mass is 10.0. The number of aliphatic hydroxyl groups is 1. The molecule has 0 bridgehead atoms. The van der Waals surface area contributed by atoms with Gasteiger partial charge in [0, 0.05) is 28.2 Å². The average molecular weight is 425 g/mol. The quantitative estimate of drug-likeness (QED) is 0.477. The van der Waals surface area contributed by atoms with E-state index in [1.807, 2.05) is 18.2 Å². The number of H-pyrrole nitrogens is 1. The maximum absolute atomic E-state index is 13.2. The zero-order valence-corrected chi connectivity index (χ0v) is 16.5. The Hall–Kier alpha value is -3.36. The molecule has 9 heteroatoms. The van der Waals surface area contributed by atoms with Gasteiger partial charge in [0.15, 0.2) is 17.6 Å². The van der Waals surface area contributed by atoms with Crippen LogP contribution < -0.4 is 9.47 Å². The number of benzene rings is 2. The van der Waals surface area contributed by atoms with Crippen LogP contribution in [-0.4, -0.2) is 50.2 Å². The molecule has 5 rings (SSSR count). The highest BCUT2D eigenvalue weighted by molar-refractivity contribution is 6.30. The molecule has 0 spiro atoms. The summed E-state index contributed by atoms with van der Waals surface area (Å²) >= 11 is 6.03. The zero-order chi connectivity index (χ0) is 20.7. The van der Waals surface area contributed by atoms with Crippen molar-refractivity contribution >= 4 is 28.3 Å². The fraction of sp³-hybridized carbons (Fsp3) is 0.190. The second-order valence-corrected chi connectivity index (χ2v) is 7.32. The number of hydrogen-bond acceptors (Lipinski definition) is 6. The average Bonchev–Trinajstić information content (AvgIpc) is 3.41. The summed E-state index contributed by atoms with van der Waals surface area (Å²) in [4.78, 5) is 13.2. The Labute approximate surface area is 176 Å². The lowest BCUT2D eigenvalue weighted by Gasteiger charge is -2.25. The largest absolute Gasteiger partial charge is 0.485 e. The van der Waals surface area contributed by atoms with Gasteiger partial charge in [-0.3, -0.25) is 14.6 Å². The van der Waals surface area contributed by atoms with Crippen molar-refractivity contribution in [2.24, 2.45) is 0 Å². The van der Waals surface area contributed by atoms with Gasteiger partial charge in [0.25, 0.3) is 0 Å². The molecule has 0 aliphatic carbocycles. The van der Waals surface area contributed by atoms with Crippen molar-refractivity contribution in [2.75, 3.05) is 13.2 Å². The van der Waals surface area contributed by atoms with Gasteiger partial charge in [-0.05, 0) is 29.8 Å². The predicted octanol–water partition coefficient (Wildman–Crippen LogP) is 3.09. The summed E-state index contributed by atoms with van der Waals surface area (Å²) in [5.74, 6) is 0.677.